The molecule has 2 aromatic rings. The molecule has 0 unspecified atom stereocenters. The number of aliphatic hydroxyl groups is 1. The number of nitrogens with zero attached hydrogens (tertiary/aromatic N) is 2. The van der Waals surface area contributed by atoms with Crippen molar-refractivity contribution in [2.75, 3.05) is 31.5 Å². The van der Waals surface area contributed by atoms with E-state index in [-0.39, 0.29) is 11.8 Å². The average molecular weight is 436 g/mol. The summed E-state index contributed by atoms with van der Waals surface area (Å²) in [5.74, 6) is -0.104. The van der Waals surface area contributed by atoms with Crippen LogP contribution in [0.3, 0.4) is 0 Å². The van der Waals surface area contributed by atoms with E-state index in [9.17, 15) is 14.7 Å². The second kappa shape index (κ2) is 9.04. The van der Waals surface area contributed by atoms with Crippen LogP contribution in [-0.2, 0) is 24.2 Å². The van der Waals surface area contributed by atoms with Gasteiger partial charge < -0.3 is 15.3 Å². The Morgan fingerprint density at radius 3 is 2.50 bits per heavy atom. The van der Waals surface area contributed by atoms with Crippen LogP contribution in [0.4, 0.5) is 5.69 Å². The van der Waals surface area contributed by atoms with Crippen LogP contribution < -0.4 is 5.32 Å². The second-order valence-corrected chi connectivity index (χ2v) is 9.98. The fourth-order valence-electron chi connectivity index (χ4n) is 4.43. The molecule has 0 fully saturated rings. The number of β-amino-alcohol motifs (C(OH)–C–C–N with tert-alkyl or cyclic N) is 1. The predicted molar refractivity (Wildman–Crippen MR) is 126 cm³/mol. The number of hydrogen-bond donors (Lipinski definition) is 2. The molecule has 0 bridgehead atoms. The van der Waals surface area contributed by atoms with Crippen LogP contribution in [0.5, 0.6) is 0 Å². The topological polar surface area (TPSA) is 72.9 Å². The van der Waals surface area contributed by atoms with Crippen LogP contribution in [-0.4, -0.2) is 59.0 Å². The summed E-state index contributed by atoms with van der Waals surface area (Å²) in [6.07, 6.45) is 1.12. The Hall–Kier alpha value is -2.70. The van der Waals surface area contributed by atoms with Crippen LogP contribution in [0, 0.1) is 5.41 Å². The van der Waals surface area contributed by atoms with Gasteiger partial charge in [0.15, 0.2) is 0 Å². The third kappa shape index (κ3) is 5.03. The Kier molecular flexibility index (Phi) is 6.35. The highest BCUT2D eigenvalue weighted by atomic mass is 16.3. The van der Waals surface area contributed by atoms with Crippen molar-refractivity contribution in [1.29, 1.82) is 0 Å². The van der Waals surface area contributed by atoms with Crippen molar-refractivity contribution in [3.63, 3.8) is 0 Å². The Morgan fingerprint density at radius 2 is 1.75 bits per heavy atom. The molecule has 2 heterocycles. The molecule has 2 aromatic carbocycles. The van der Waals surface area contributed by atoms with Crippen molar-refractivity contribution in [2.45, 2.75) is 46.3 Å². The second-order valence-electron chi connectivity index (χ2n) is 9.98. The number of amides is 2. The largest absolute Gasteiger partial charge is 0.390 e. The minimum absolute atomic E-state index is 0.0512. The quantitative estimate of drug-likeness (QED) is 0.757. The van der Waals surface area contributed by atoms with Crippen molar-refractivity contribution in [3.8, 4) is 0 Å². The van der Waals surface area contributed by atoms with Crippen LogP contribution >= 0.6 is 0 Å². The molecule has 0 aliphatic carbocycles. The van der Waals surface area contributed by atoms with E-state index in [4.69, 9.17) is 0 Å². The van der Waals surface area contributed by atoms with Crippen molar-refractivity contribution < 1.29 is 14.7 Å². The lowest BCUT2D eigenvalue weighted by atomic mass is 9.94. The van der Waals surface area contributed by atoms with E-state index in [1.54, 1.807) is 17.0 Å². The average Bonchev–Trinajstić information content (AvgIpc) is 2.75. The maximum absolute atomic E-state index is 13.0. The monoisotopic (exact) mass is 435 g/mol. The zero-order chi connectivity index (χ0) is 22.9. The van der Waals surface area contributed by atoms with Gasteiger partial charge in [-0.25, -0.2) is 0 Å². The molecule has 0 saturated heterocycles. The third-order valence-corrected chi connectivity index (χ3v) is 6.32. The summed E-state index contributed by atoms with van der Waals surface area (Å²) in [6, 6.07) is 13.9. The van der Waals surface area contributed by atoms with E-state index in [2.05, 4.69) is 34.5 Å². The van der Waals surface area contributed by atoms with E-state index in [0.717, 1.165) is 30.8 Å². The number of nitrogens with one attached hydrogen (secondary N) is 1. The number of aliphatic hydroxyl groups excluding tert-OH is 1. The zero-order valence-corrected chi connectivity index (χ0v) is 19.2. The summed E-state index contributed by atoms with van der Waals surface area (Å²) in [4.78, 5) is 29.3. The number of carbonyl (C=O) groups excluding carboxylic acids is 2. The highest BCUT2D eigenvalue weighted by molar-refractivity contribution is 5.99. The summed E-state index contributed by atoms with van der Waals surface area (Å²) in [5.41, 5.74) is 4.55. The number of fused-ring (bicyclic) bond motifs is 2. The van der Waals surface area contributed by atoms with Gasteiger partial charge in [0, 0.05) is 49.4 Å². The highest BCUT2D eigenvalue weighted by Crippen LogP contribution is 2.25. The van der Waals surface area contributed by atoms with Crippen molar-refractivity contribution in [1.82, 2.24) is 9.80 Å². The first-order chi connectivity index (χ1) is 15.2. The lowest BCUT2D eigenvalue weighted by molar-refractivity contribution is -0.123. The molecule has 0 radical (unpaired) electrons. The summed E-state index contributed by atoms with van der Waals surface area (Å²) in [5, 5.41) is 13.6. The standard InChI is InChI=1S/C26H33N3O3/c1-26(2,3)25(32)27-21-8-9-23-19(14-21)11-13-29(24(23)31)17-22(30)16-28-12-10-18-6-4-5-7-20(18)15-28/h4-9,14,22,30H,10-13,15-17H2,1-3H3,(H,27,32)/t22-/m1/s1. The van der Waals surface area contributed by atoms with Crippen molar-refractivity contribution in [2.24, 2.45) is 5.41 Å². The smallest absolute Gasteiger partial charge is 0.254 e. The molecule has 170 valence electrons. The first-order valence-corrected chi connectivity index (χ1v) is 11.4. The van der Waals surface area contributed by atoms with E-state index in [1.807, 2.05) is 26.8 Å². The Morgan fingerprint density at radius 1 is 1.03 bits per heavy atom. The molecular weight excluding hydrogens is 402 g/mol. The molecule has 2 amide bonds. The van der Waals surface area contributed by atoms with Crippen LogP contribution in [0.1, 0.15) is 47.8 Å². The van der Waals surface area contributed by atoms with Gasteiger partial charge in [0.1, 0.15) is 0 Å². The molecule has 2 aliphatic rings. The third-order valence-electron chi connectivity index (χ3n) is 6.32. The summed E-state index contributed by atoms with van der Waals surface area (Å²) in [6.45, 7) is 8.84. The minimum Gasteiger partial charge on any atom is -0.390 e. The van der Waals surface area contributed by atoms with Gasteiger partial charge in [0.2, 0.25) is 5.91 Å². The molecule has 32 heavy (non-hydrogen) atoms. The van der Waals surface area contributed by atoms with Gasteiger partial charge in [-0.3, -0.25) is 14.5 Å². The van der Waals surface area contributed by atoms with E-state index in [0.29, 0.717) is 31.6 Å². The summed E-state index contributed by atoms with van der Waals surface area (Å²) < 4.78 is 0. The molecule has 6 heteroatoms. The van der Waals surface area contributed by atoms with Crippen LogP contribution in [0.25, 0.3) is 0 Å². The first kappa shape index (κ1) is 22.5. The van der Waals surface area contributed by atoms with Crippen LogP contribution in [0.2, 0.25) is 0 Å². The van der Waals surface area contributed by atoms with E-state index in [1.165, 1.54) is 11.1 Å². The number of anilines is 1. The highest BCUT2D eigenvalue weighted by Gasteiger charge is 2.28. The number of rotatable bonds is 5. The molecule has 0 saturated carbocycles. The van der Waals surface area contributed by atoms with E-state index < -0.39 is 11.5 Å². The van der Waals surface area contributed by atoms with Crippen LogP contribution in [0.15, 0.2) is 42.5 Å². The number of benzene rings is 2. The SMILES string of the molecule is CC(C)(C)C(=O)Nc1ccc2c(c1)CCN(C[C@H](O)CN1CCc3ccccc3C1)C2=O. The Bertz CT molecular complexity index is 1010. The fraction of sp³-hybridized carbons (Fsp3) is 0.462. The van der Waals surface area contributed by atoms with E-state index >= 15 is 0 Å². The van der Waals surface area contributed by atoms with Crippen molar-refractivity contribution in [3.05, 3.63) is 64.7 Å². The Balaban J connectivity index is 1.35. The molecule has 6 nitrogen and oxygen atoms in total. The van der Waals surface area contributed by atoms with Gasteiger partial charge in [0.05, 0.1) is 6.10 Å². The molecule has 1 atom stereocenters. The summed E-state index contributed by atoms with van der Waals surface area (Å²) in [7, 11) is 0. The molecule has 2 aliphatic heterocycles. The molecule has 0 aromatic heterocycles. The molecule has 0 spiro atoms. The Labute approximate surface area is 190 Å². The minimum atomic E-state index is -0.587. The number of hydrogen-bond acceptors (Lipinski definition) is 4. The predicted octanol–water partition coefficient (Wildman–Crippen LogP) is 3.09. The number of carbonyl (C=O) groups is 2. The van der Waals surface area contributed by atoms with Gasteiger partial charge in [-0.05, 0) is 47.7 Å². The zero-order valence-electron chi connectivity index (χ0n) is 19.2. The molecular formula is C26H33N3O3. The lowest BCUT2D eigenvalue weighted by Gasteiger charge is -2.34. The van der Waals surface area contributed by atoms with Gasteiger partial charge in [-0.2, -0.15) is 0 Å². The lowest BCUT2D eigenvalue weighted by Crippen LogP contribution is -2.46. The fourth-order valence-corrected chi connectivity index (χ4v) is 4.43. The van der Waals surface area contributed by atoms with Gasteiger partial charge in [-0.15, -0.1) is 0 Å². The molecule has 4 rings (SSSR count). The van der Waals surface area contributed by atoms with Gasteiger partial charge in [0.25, 0.3) is 5.91 Å². The normalized spacial score (nSPS) is 17.5. The molecule has 2 N–H and O–H groups in total. The maximum atomic E-state index is 13.0. The van der Waals surface area contributed by atoms with Crippen molar-refractivity contribution >= 4 is 17.5 Å². The first-order valence-electron chi connectivity index (χ1n) is 11.4. The maximum Gasteiger partial charge on any atom is 0.254 e. The summed E-state index contributed by atoms with van der Waals surface area (Å²) >= 11 is 0. The van der Waals surface area contributed by atoms with Gasteiger partial charge >= 0.3 is 0 Å². The van der Waals surface area contributed by atoms with Gasteiger partial charge in [-0.1, -0.05) is 45.0 Å².